The van der Waals surface area contributed by atoms with Crippen molar-refractivity contribution < 1.29 is 14.3 Å². The van der Waals surface area contributed by atoms with Crippen LogP contribution in [0.4, 0.5) is 0 Å². The molecule has 0 aromatic heterocycles. The number of ether oxygens (including phenoxy) is 1. The molecule has 1 heterocycles. The zero-order valence-electron chi connectivity index (χ0n) is 18.2. The van der Waals surface area contributed by atoms with Gasteiger partial charge in [-0.25, -0.2) is 0 Å². The van der Waals surface area contributed by atoms with E-state index >= 15 is 0 Å². The van der Waals surface area contributed by atoms with Gasteiger partial charge in [0.1, 0.15) is 12.3 Å². The predicted octanol–water partition coefficient (Wildman–Crippen LogP) is 4.41. The van der Waals surface area contributed by atoms with Crippen LogP contribution in [0, 0.1) is 0 Å². The number of nitrogens with zero attached hydrogens (tertiary/aromatic N) is 1. The van der Waals surface area contributed by atoms with E-state index in [0.717, 1.165) is 43.6 Å². The number of benzene rings is 2. The largest absolute Gasteiger partial charge is 0.497 e. The Balaban J connectivity index is 1.23. The van der Waals surface area contributed by atoms with Gasteiger partial charge in [-0.05, 0) is 42.5 Å². The van der Waals surface area contributed by atoms with Gasteiger partial charge in [0, 0.05) is 12.3 Å². The van der Waals surface area contributed by atoms with Crippen LogP contribution in [-0.2, 0) is 21.8 Å². The quantitative estimate of drug-likeness (QED) is 0.370. The van der Waals surface area contributed by atoms with Gasteiger partial charge in [0.2, 0.25) is 11.8 Å². The number of β-lactam (4-membered cyclic amide) rings is 1. The zero-order valence-corrected chi connectivity index (χ0v) is 19.0. The molecule has 1 aliphatic rings. The highest BCUT2D eigenvalue weighted by molar-refractivity contribution is 7.99. The normalized spacial score (nSPS) is 15.5. The molecule has 31 heavy (non-hydrogen) atoms. The van der Waals surface area contributed by atoms with Gasteiger partial charge < -0.3 is 15.0 Å². The number of amides is 2. The lowest BCUT2D eigenvalue weighted by Crippen LogP contribution is -2.54. The number of nitrogens with one attached hydrogen (secondary N) is 1. The average molecular weight is 441 g/mol. The molecule has 0 bridgehead atoms. The summed E-state index contributed by atoms with van der Waals surface area (Å²) < 4.78 is 5.18. The Labute approximate surface area is 189 Å². The first kappa shape index (κ1) is 23.2. The molecular formula is C25H32N2O3S. The van der Waals surface area contributed by atoms with Gasteiger partial charge in [-0.2, -0.15) is 0 Å². The van der Waals surface area contributed by atoms with Crippen LogP contribution in [-0.4, -0.2) is 42.3 Å². The lowest BCUT2D eigenvalue weighted by atomic mass is 10.1. The molecule has 2 aromatic rings. The third kappa shape index (κ3) is 7.62. The summed E-state index contributed by atoms with van der Waals surface area (Å²) in [6, 6.07) is 18.4. The second-order valence-corrected chi connectivity index (χ2v) is 9.01. The Morgan fingerprint density at radius 1 is 1.03 bits per heavy atom. The minimum Gasteiger partial charge on any atom is -0.497 e. The number of carbonyl (C=O) groups excluding carboxylic acids is 2. The van der Waals surface area contributed by atoms with Crippen molar-refractivity contribution in [3.63, 3.8) is 0 Å². The molecule has 0 saturated carbocycles. The lowest BCUT2D eigenvalue weighted by Gasteiger charge is -2.39. The van der Waals surface area contributed by atoms with Crippen LogP contribution in [0.3, 0.4) is 0 Å². The predicted molar refractivity (Wildman–Crippen MR) is 126 cm³/mol. The summed E-state index contributed by atoms with van der Waals surface area (Å²) in [5, 5.41) is 3.07. The summed E-state index contributed by atoms with van der Waals surface area (Å²) in [5.74, 6) is 1.75. The second kappa shape index (κ2) is 12.4. The van der Waals surface area contributed by atoms with E-state index in [-0.39, 0.29) is 23.7 Å². The van der Waals surface area contributed by atoms with Crippen molar-refractivity contribution in [1.82, 2.24) is 10.2 Å². The van der Waals surface area contributed by atoms with E-state index in [2.05, 4.69) is 29.6 Å². The fourth-order valence-corrected chi connectivity index (χ4v) is 4.78. The van der Waals surface area contributed by atoms with Crippen LogP contribution in [0.5, 0.6) is 5.75 Å². The SMILES string of the molecule is COc1ccc(CCCCCCNC(=O)CN2C(=O)CC2SCc2ccccc2)cc1. The van der Waals surface area contributed by atoms with E-state index in [0.29, 0.717) is 13.0 Å². The molecule has 1 N–H and O–H groups in total. The molecule has 1 unspecified atom stereocenters. The Morgan fingerprint density at radius 2 is 1.77 bits per heavy atom. The number of aryl methyl sites for hydroxylation is 1. The van der Waals surface area contributed by atoms with E-state index in [4.69, 9.17) is 4.74 Å². The van der Waals surface area contributed by atoms with Crippen molar-refractivity contribution in [3.8, 4) is 5.75 Å². The highest BCUT2D eigenvalue weighted by Crippen LogP contribution is 2.31. The monoisotopic (exact) mass is 440 g/mol. The van der Waals surface area contributed by atoms with Crippen LogP contribution in [0.25, 0.3) is 0 Å². The topological polar surface area (TPSA) is 58.6 Å². The third-order valence-electron chi connectivity index (χ3n) is 5.49. The van der Waals surface area contributed by atoms with Gasteiger partial charge in [0.25, 0.3) is 0 Å². The molecule has 1 atom stereocenters. The maximum atomic E-state index is 12.2. The molecule has 0 spiro atoms. The molecular weight excluding hydrogens is 408 g/mol. The van der Waals surface area contributed by atoms with Gasteiger partial charge in [0.15, 0.2) is 0 Å². The van der Waals surface area contributed by atoms with Crippen LogP contribution >= 0.6 is 11.8 Å². The molecule has 0 radical (unpaired) electrons. The molecule has 166 valence electrons. The first-order chi connectivity index (χ1) is 15.2. The molecule has 1 saturated heterocycles. The number of likely N-dealkylation sites (tertiary alicyclic amines) is 1. The van der Waals surface area contributed by atoms with Crippen molar-refractivity contribution >= 4 is 23.6 Å². The molecule has 6 heteroatoms. The maximum Gasteiger partial charge on any atom is 0.239 e. The lowest BCUT2D eigenvalue weighted by molar-refractivity contribution is -0.145. The van der Waals surface area contributed by atoms with Gasteiger partial charge in [0.05, 0.1) is 18.9 Å². The molecule has 2 aromatic carbocycles. The van der Waals surface area contributed by atoms with Crippen molar-refractivity contribution in [2.75, 3.05) is 20.2 Å². The first-order valence-corrected chi connectivity index (χ1v) is 12.0. The van der Waals surface area contributed by atoms with E-state index < -0.39 is 0 Å². The van der Waals surface area contributed by atoms with E-state index in [1.54, 1.807) is 23.8 Å². The average Bonchev–Trinajstić information content (AvgIpc) is 2.80. The number of hydrogen-bond donors (Lipinski definition) is 1. The molecule has 5 nitrogen and oxygen atoms in total. The first-order valence-electron chi connectivity index (χ1n) is 11.0. The minimum atomic E-state index is -0.0587. The fraction of sp³-hybridized carbons (Fsp3) is 0.440. The van der Waals surface area contributed by atoms with Crippen LogP contribution < -0.4 is 10.1 Å². The molecule has 1 aliphatic heterocycles. The maximum absolute atomic E-state index is 12.2. The summed E-state index contributed by atoms with van der Waals surface area (Å²) in [6.45, 7) is 0.841. The Bertz CT molecular complexity index is 826. The number of methoxy groups -OCH3 is 1. The van der Waals surface area contributed by atoms with Gasteiger partial charge in [-0.1, -0.05) is 55.3 Å². The summed E-state index contributed by atoms with van der Waals surface area (Å²) in [7, 11) is 1.68. The molecule has 2 amide bonds. The Kier molecular flexibility index (Phi) is 9.28. The van der Waals surface area contributed by atoms with E-state index in [9.17, 15) is 9.59 Å². The summed E-state index contributed by atoms with van der Waals surface area (Å²) in [5.41, 5.74) is 2.57. The highest BCUT2D eigenvalue weighted by atomic mass is 32.2. The van der Waals surface area contributed by atoms with Crippen molar-refractivity contribution in [2.24, 2.45) is 0 Å². The standard InChI is InChI=1S/C25H32N2O3S/c1-30-22-14-12-20(13-15-22)9-5-2-3-8-16-26-23(28)18-27-24(29)17-25(27)31-19-21-10-6-4-7-11-21/h4,6-7,10-15,25H,2-3,5,8-9,16-19H2,1H3,(H,26,28). The molecule has 3 rings (SSSR count). The summed E-state index contributed by atoms with van der Waals surface area (Å²) in [4.78, 5) is 25.8. The fourth-order valence-electron chi connectivity index (χ4n) is 3.57. The molecule has 1 fully saturated rings. The number of thioether (sulfide) groups is 1. The minimum absolute atomic E-state index is 0.0587. The second-order valence-electron chi connectivity index (χ2n) is 7.84. The van der Waals surface area contributed by atoms with Crippen molar-refractivity contribution in [2.45, 2.75) is 49.7 Å². The molecule has 0 aliphatic carbocycles. The van der Waals surface area contributed by atoms with Crippen LogP contribution in [0.1, 0.15) is 43.2 Å². The zero-order chi connectivity index (χ0) is 21.9. The number of unbranched alkanes of at least 4 members (excludes halogenated alkanes) is 3. The third-order valence-corrected chi connectivity index (χ3v) is 6.80. The van der Waals surface area contributed by atoms with E-state index in [1.165, 1.54) is 11.1 Å². The summed E-state index contributed by atoms with van der Waals surface area (Å²) in [6.07, 6.45) is 5.94. The van der Waals surface area contributed by atoms with Crippen molar-refractivity contribution in [1.29, 1.82) is 0 Å². The Hall–Kier alpha value is -2.47. The van der Waals surface area contributed by atoms with Crippen LogP contribution in [0.15, 0.2) is 54.6 Å². The number of hydrogen-bond acceptors (Lipinski definition) is 4. The number of rotatable bonds is 13. The summed E-state index contributed by atoms with van der Waals surface area (Å²) >= 11 is 1.73. The van der Waals surface area contributed by atoms with Crippen LogP contribution in [0.2, 0.25) is 0 Å². The smallest absolute Gasteiger partial charge is 0.239 e. The van der Waals surface area contributed by atoms with E-state index in [1.807, 2.05) is 30.3 Å². The van der Waals surface area contributed by atoms with Gasteiger partial charge in [-0.3, -0.25) is 9.59 Å². The number of carbonyl (C=O) groups is 2. The van der Waals surface area contributed by atoms with Gasteiger partial charge >= 0.3 is 0 Å². The highest BCUT2D eigenvalue weighted by Gasteiger charge is 2.37. The van der Waals surface area contributed by atoms with Crippen molar-refractivity contribution in [3.05, 3.63) is 65.7 Å². The van der Waals surface area contributed by atoms with Gasteiger partial charge in [-0.15, -0.1) is 11.8 Å². The Morgan fingerprint density at radius 3 is 2.48 bits per heavy atom.